The number of thioether (sulfide) groups is 1. The molecule has 0 aliphatic carbocycles. The molecular weight excluding hydrogens is 278 g/mol. The van der Waals surface area contributed by atoms with Crippen LogP contribution in [0.4, 0.5) is 0 Å². The zero-order chi connectivity index (χ0) is 15.4. The number of allylic oxidation sites excluding steroid dienone is 1. The smallest absolute Gasteiger partial charge is 0.134 e. The minimum Gasteiger partial charge on any atom is -0.461 e. The first-order valence-electron chi connectivity index (χ1n) is 7.36. The van der Waals surface area contributed by atoms with E-state index in [2.05, 4.69) is 45.1 Å². The first-order valence-corrected chi connectivity index (χ1v) is 8.51. The fourth-order valence-corrected chi connectivity index (χ4v) is 3.15. The largest absolute Gasteiger partial charge is 0.461 e. The fourth-order valence-electron chi connectivity index (χ4n) is 2.31. The SMILES string of the molecule is C=C(CCN(C)C)c1c(C)cccc1OC(=C)C1CSC1. The van der Waals surface area contributed by atoms with Gasteiger partial charge in [-0.25, -0.2) is 0 Å². The Kier molecular flexibility index (Phi) is 5.54. The number of benzene rings is 1. The molecule has 0 saturated carbocycles. The molecule has 2 nitrogen and oxygen atoms in total. The van der Waals surface area contributed by atoms with Gasteiger partial charge in [-0.3, -0.25) is 0 Å². The molecule has 1 saturated heterocycles. The second-order valence-corrected chi connectivity index (χ2v) is 6.98. The Morgan fingerprint density at radius 2 is 2.05 bits per heavy atom. The molecule has 3 heteroatoms. The van der Waals surface area contributed by atoms with Gasteiger partial charge in [0.1, 0.15) is 11.5 Å². The van der Waals surface area contributed by atoms with Gasteiger partial charge < -0.3 is 9.64 Å². The standard InChI is InChI=1S/C18H25NOS/c1-13-7-6-8-17(20-15(3)16-11-21-12-16)18(13)14(2)9-10-19(4)5/h6-8,16H,2-3,9-12H2,1,4-5H3. The number of hydrogen-bond donors (Lipinski definition) is 0. The molecule has 2 rings (SSSR count). The highest BCUT2D eigenvalue weighted by atomic mass is 32.2. The van der Waals surface area contributed by atoms with Crippen molar-refractivity contribution >= 4 is 17.3 Å². The Balaban J connectivity index is 2.14. The molecule has 1 aromatic rings. The summed E-state index contributed by atoms with van der Waals surface area (Å²) in [5.74, 6) is 4.54. The van der Waals surface area contributed by atoms with Gasteiger partial charge >= 0.3 is 0 Å². The van der Waals surface area contributed by atoms with Crippen LogP contribution < -0.4 is 4.74 Å². The molecule has 1 aromatic carbocycles. The van der Waals surface area contributed by atoms with Crippen LogP contribution in [0.1, 0.15) is 17.5 Å². The van der Waals surface area contributed by atoms with Crippen molar-refractivity contribution < 1.29 is 4.74 Å². The number of nitrogens with zero attached hydrogens (tertiary/aromatic N) is 1. The maximum atomic E-state index is 6.08. The van der Waals surface area contributed by atoms with Crippen LogP contribution in [0.25, 0.3) is 5.57 Å². The predicted octanol–water partition coefficient (Wildman–Crippen LogP) is 4.22. The molecule has 0 N–H and O–H groups in total. The molecule has 0 unspecified atom stereocenters. The van der Waals surface area contributed by atoms with Gasteiger partial charge in [0.05, 0.1) is 0 Å². The molecule has 21 heavy (non-hydrogen) atoms. The van der Waals surface area contributed by atoms with Gasteiger partial charge in [0, 0.05) is 29.5 Å². The summed E-state index contributed by atoms with van der Waals surface area (Å²) in [4.78, 5) is 2.18. The Bertz CT molecular complexity index is 532. The Hall–Kier alpha value is -1.19. The van der Waals surface area contributed by atoms with Gasteiger partial charge in [-0.1, -0.05) is 25.3 Å². The molecule has 0 atom stereocenters. The van der Waals surface area contributed by atoms with E-state index in [9.17, 15) is 0 Å². The summed E-state index contributed by atoms with van der Waals surface area (Å²) < 4.78 is 6.08. The molecule has 0 amide bonds. The van der Waals surface area contributed by atoms with Crippen LogP contribution in [0.2, 0.25) is 0 Å². The van der Waals surface area contributed by atoms with Crippen molar-refractivity contribution in [3.63, 3.8) is 0 Å². The number of ether oxygens (including phenoxy) is 1. The van der Waals surface area contributed by atoms with E-state index in [1.165, 1.54) is 5.56 Å². The number of aryl methyl sites for hydroxylation is 1. The number of hydrogen-bond acceptors (Lipinski definition) is 3. The van der Waals surface area contributed by atoms with E-state index in [1.807, 2.05) is 23.9 Å². The minimum absolute atomic E-state index is 0.499. The second-order valence-electron chi connectivity index (χ2n) is 5.91. The lowest BCUT2D eigenvalue weighted by molar-refractivity contribution is 0.368. The van der Waals surface area contributed by atoms with E-state index in [4.69, 9.17) is 4.74 Å². The fraction of sp³-hybridized carbons (Fsp3) is 0.444. The molecule has 1 aliphatic rings. The summed E-state index contributed by atoms with van der Waals surface area (Å²) in [6.45, 7) is 11.5. The van der Waals surface area contributed by atoms with E-state index >= 15 is 0 Å². The average Bonchev–Trinajstić information content (AvgIpc) is 2.34. The third kappa shape index (κ3) is 4.14. The van der Waals surface area contributed by atoms with E-state index in [1.54, 1.807) is 0 Å². The van der Waals surface area contributed by atoms with Crippen LogP contribution in [0.3, 0.4) is 0 Å². The van der Waals surface area contributed by atoms with E-state index in [0.717, 1.165) is 47.1 Å². The highest BCUT2D eigenvalue weighted by Crippen LogP contribution is 2.35. The highest BCUT2D eigenvalue weighted by molar-refractivity contribution is 8.00. The van der Waals surface area contributed by atoms with Gasteiger partial charge in [-0.15, -0.1) is 0 Å². The lowest BCUT2D eigenvalue weighted by atomic mass is 9.98. The first-order chi connectivity index (χ1) is 9.99. The summed E-state index contributed by atoms with van der Waals surface area (Å²) in [6.07, 6.45) is 0.944. The molecule has 0 spiro atoms. The topological polar surface area (TPSA) is 12.5 Å². The quantitative estimate of drug-likeness (QED) is 0.700. The zero-order valence-corrected chi connectivity index (χ0v) is 14.1. The van der Waals surface area contributed by atoms with Gasteiger partial charge in [0.2, 0.25) is 0 Å². The maximum absolute atomic E-state index is 6.08. The zero-order valence-electron chi connectivity index (χ0n) is 13.3. The molecule has 0 aromatic heterocycles. The summed E-state index contributed by atoms with van der Waals surface area (Å²) in [5.41, 5.74) is 3.49. The molecule has 1 heterocycles. The Labute approximate surface area is 132 Å². The van der Waals surface area contributed by atoms with Gasteiger partial charge in [-0.2, -0.15) is 11.8 Å². The third-order valence-corrected chi connectivity index (χ3v) is 5.06. The van der Waals surface area contributed by atoms with Crippen LogP contribution in [-0.2, 0) is 0 Å². The van der Waals surface area contributed by atoms with Crippen molar-refractivity contribution in [2.24, 2.45) is 5.92 Å². The Morgan fingerprint density at radius 1 is 1.33 bits per heavy atom. The van der Waals surface area contributed by atoms with Crippen molar-refractivity contribution in [2.45, 2.75) is 13.3 Å². The maximum Gasteiger partial charge on any atom is 0.134 e. The monoisotopic (exact) mass is 303 g/mol. The predicted molar refractivity (Wildman–Crippen MR) is 94.0 cm³/mol. The van der Waals surface area contributed by atoms with Crippen molar-refractivity contribution in [1.29, 1.82) is 0 Å². The van der Waals surface area contributed by atoms with Crippen LogP contribution in [0.15, 0.2) is 37.1 Å². The summed E-state index contributed by atoms with van der Waals surface area (Å²) in [5, 5.41) is 0. The second kappa shape index (κ2) is 7.19. The molecule has 1 fully saturated rings. The van der Waals surface area contributed by atoms with Crippen LogP contribution in [-0.4, -0.2) is 37.0 Å². The van der Waals surface area contributed by atoms with Crippen LogP contribution in [0.5, 0.6) is 5.75 Å². The molecule has 1 aliphatic heterocycles. The summed E-state index contributed by atoms with van der Waals surface area (Å²) in [7, 11) is 4.16. The lowest BCUT2D eigenvalue weighted by Crippen LogP contribution is -2.23. The molecule has 0 bridgehead atoms. The van der Waals surface area contributed by atoms with Crippen LogP contribution >= 0.6 is 11.8 Å². The number of rotatable bonds is 7. The van der Waals surface area contributed by atoms with Crippen molar-refractivity contribution in [3.05, 3.63) is 48.2 Å². The Morgan fingerprint density at radius 3 is 2.62 bits per heavy atom. The van der Waals surface area contributed by atoms with Crippen molar-refractivity contribution in [2.75, 3.05) is 32.1 Å². The van der Waals surface area contributed by atoms with Gasteiger partial charge in [0.25, 0.3) is 0 Å². The van der Waals surface area contributed by atoms with Crippen LogP contribution in [0, 0.1) is 12.8 Å². The highest BCUT2D eigenvalue weighted by Gasteiger charge is 2.24. The van der Waals surface area contributed by atoms with Gasteiger partial charge in [-0.05, 0) is 44.6 Å². The van der Waals surface area contributed by atoms with E-state index in [-0.39, 0.29) is 0 Å². The molecular formula is C18H25NOS. The minimum atomic E-state index is 0.499. The van der Waals surface area contributed by atoms with Crippen molar-refractivity contribution in [3.8, 4) is 5.75 Å². The molecule has 0 radical (unpaired) electrons. The third-order valence-electron chi connectivity index (χ3n) is 3.78. The average molecular weight is 303 g/mol. The lowest BCUT2D eigenvalue weighted by Gasteiger charge is -2.27. The van der Waals surface area contributed by atoms with Crippen molar-refractivity contribution in [1.82, 2.24) is 4.90 Å². The first kappa shape index (κ1) is 16.2. The summed E-state index contributed by atoms with van der Waals surface area (Å²) >= 11 is 1.95. The normalized spacial score (nSPS) is 14.9. The van der Waals surface area contributed by atoms with E-state index in [0.29, 0.717) is 5.92 Å². The molecule has 114 valence electrons. The van der Waals surface area contributed by atoms with Gasteiger partial charge in [0.15, 0.2) is 0 Å². The summed E-state index contributed by atoms with van der Waals surface area (Å²) in [6, 6.07) is 6.18. The van der Waals surface area contributed by atoms with E-state index < -0.39 is 0 Å².